The van der Waals surface area contributed by atoms with E-state index in [2.05, 4.69) is 5.32 Å². The van der Waals surface area contributed by atoms with Gasteiger partial charge in [-0.05, 0) is 50.7 Å². The summed E-state index contributed by atoms with van der Waals surface area (Å²) in [5.41, 5.74) is 1.57. The van der Waals surface area contributed by atoms with Gasteiger partial charge in [0.25, 0.3) is 5.91 Å². The molecule has 43 heavy (non-hydrogen) atoms. The van der Waals surface area contributed by atoms with Crippen LogP contribution in [0.15, 0.2) is 53.3 Å². The number of hydrogen-bond donors (Lipinski definition) is 7. The molecule has 226 valence electrons. The van der Waals surface area contributed by atoms with E-state index < -0.39 is 87.5 Å². The number of nitrogens with zero attached hydrogens (tertiary/aromatic N) is 1. The van der Waals surface area contributed by atoms with Gasteiger partial charge in [-0.2, -0.15) is 0 Å². The predicted molar refractivity (Wildman–Crippen MR) is 151 cm³/mol. The van der Waals surface area contributed by atoms with Gasteiger partial charge in [0.15, 0.2) is 11.4 Å². The number of nitrogens with two attached hydrogens (primary N) is 1. The zero-order valence-electron chi connectivity index (χ0n) is 23.7. The number of primary amides is 1. The summed E-state index contributed by atoms with van der Waals surface area (Å²) in [7, 11) is 2.86. The molecule has 1 fully saturated rings. The third-order valence-electron chi connectivity index (χ3n) is 8.60. The summed E-state index contributed by atoms with van der Waals surface area (Å²) in [5, 5.41) is 59.3. The number of ether oxygens (including phenoxy) is 1. The zero-order valence-corrected chi connectivity index (χ0v) is 23.7. The number of phenols is 1. The average Bonchev–Trinajstić information content (AvgIpc) is 2.93. The van der Waals surface area contributed by atoms with Crippen LogP contribution in [0, 0.1) is 18.8 Å². The van der Waals surface area contributed by atoms with Crippen LogP contribution in [-0.2, 0) is 14.4 Å². The van der Waals surface area contributed by atoms with Crippen molar-refractivity contribution in [3.63, 3.8) is 0 Å². The number of amides is 2. The molecule has 0 radical (unpaired) electrons. The Kier molecular flexibility index (Phi) is 7.08. The number of fused-ring (bicyclic) bond motifs is 3. The fourth-order valence-electron chi connectivity index (χ4n) is 6.57. The molecule has 13 heteroatoms. The topological polar surface area (TPSA) is 220 Å². The van der Waals surface area contributed by atoms with Crippen molar-refractivity contribution in [2.45, 2.75) is 37.5 Å². The van der Waals surface area contributed by atoms with Gasteiger partial charge in [0.05, 0.1) is 29.3 Å². The first-order valence-corrected chi connectivity index (χ1v) is 13.4. The molecule has 0 aromatic heterocycles. The number of carbonyl (C=O) groups is 4. The second-order valence-corrected chi connectivity index (χ2v) is 11.3. The van der Waals surface area contributed by atoms with E-state index >= 15 is 0 Å². The second-order valence-electron chi connectivity index (χ2n) is 11.3. The summed E-state index contributed by atoms with van der Waals surface area (Å²) in [6.45, 7) is 3.47. The molecule has 0 aliphatic heterocycles. The maximum atomic E-state index is 14.1. The smallest absolute Gasteiger partial charge is 0.417 e. The van der Waals surface area contributed by atoms with Crippen molar-refractivity contribution < 1.29 is 49.4 Å². The number of anilines is 1. The second kappa shape index (κ2) is 10.2. The minimum atomic E-state index is -3.02. The summed E-state index contributed by atoms with van der Waals surface area (Å²) in [6.07, 6.45) is -2.66. The zero-order chi connectivity index (χ0) is 31.7. The molecule has 2 aromatic rings. The Bertz CT molecular complexity index is 1640. The lowest BCUT2D eigenvalue weighted by Gasteiger charge is -2.53. The molecule has 5 rings (SSSR count). The molecular formula is C30H31N3O10. The Morgan fingerprint density at radius 3 is 2.26 bits per heavy atom. The molecule has 2 amide bonds. The van der Waals surface area contributed by atoms with Gasteiger partial charge < -0.3 is 36.0 Å². The lowest BCUT2D eigenvalue weighted by Crippen LogP contribution is -2.70. The van der Waals surface area contributed by atoms with Crippen LogP contribution >= 0.6 is 0 Å². The van der Waals surface area contributed by atoms with Gasteiger partial charge in [-0.3, -0.25) is 24.6 Å². The highest BCUT2D eigenvalue weighted by atomic mass is 16.6. The molecule has 6 atom stereocenters. The lowest BCUT2D eigenvalue weighted by molar-refractivity contribution is -0.169. The average molecular weight is 594 g/mol. The van der Waals surface area contributed by atoms with E-state index in [1.807, 2.05) is 6.92 Å². The van der Waals surface area contributed by atoms with E-state index in [0.717, 1.165) is 5.56 Å². The monoisotopic (exact) mass is 593 g/mol. The van der Waals surface area contributed by atoms with E-state index in [4.69, 9.17) is 10.5 Å². The number of aliphatic hydroxyl groups excluding tert-OH is 3. The summed E-state index contributed by atoms with van der Waals surface area (Å²) < 4.78 is 5.23. The third-order valence-corrected chi connectivity index (χ3v) is 8.60. The predicted octanol–water partition coefficient (Wildman–Crippen LogP) is 1.42. The van der Waals surface area contributed by atoms with Crippen molar-refractivity contribution in [3.05, 3.63) is 70.0 Å². The summed E-state index contributed by atoms with van der Waals surface area (Å²) in [6, 6.07) is 8.00. The van der Waals surface area contributed by atoms with Gasteiger partial charge in [0.1, 0.15) is 28.6 Å². The Morgan fingerprint density at radius 1 is 1.05 bits per heavy atom. The number of Topliss-reactive ketones (excluding diaryl/α,β-unsaturated/α-hetero) is 2. The molecule has 1 saturated carbocycles. The first-order chi connectivity index (χ1) is 20.1. The number of aryl methyl sites for hydroxylation is 1. The van der Waals surface area contributed by atoms with Crippen molar-refractivity contribution >= 4 is 35.0 Å². The van der Waals surface area contributed by atoms with E-state index in [-0.39, 0.29) is 17.0 Å². The van der Waals surface area contributed by atoms with Gasteiger partial charge in [0, 0.05) is 11.5 Å². The van der Waals surface area contributed by atoms with Crippen LogP contribution in [0.2, 0.25) is 0 Å². The van der Waals surface area contributed by atoms with E-state index in [1.165, 1.54) is 31.1 Å². The quantitative estimate of drug-likeness (QED) is 0.198. The molecule has 13 nitrogen and oxygen atoms in total. The molecule has 3 aliphatic carbocycles. The number of aromatic hydroxyl groups is 1. The van der Waals surface area contributed by atoms with Crippen molar-refractivity contribution in [2.75, 3.05) is 19.4 Å². The Balaban J connectivity index is 1.62. The molecule has 0 saturated heterocycles. The standard InChI is InChI=1S/C30H31N3O10/c1-11-5-7-13(8-6-11)43-29(41)32-15-10-9-14-12(2)16-18(23(35)17(14)22(15)34)26(38)30(42)20(24(16)36)21(33(3)4)25(37)19(27(30)39)28(31)40/h5-10,12,16,20-21,24,34-36,39,42H,1-4H3,(H2,31,40)(H,32,41)/t12-,16?,20?,21-,24?,30-/m0/s1. The largest absolute Gasteiger partial charge is 0.508 e. The highest BCUT2D eigenvalue weighted by Gasteiger charge is 2.68. The van der Waals surface area contributed by atoms with Crippen LogP contribution in [-0.4, -0.2) is 85.8 Å². The van der Waals surface area contributed by atoms with Gasteiger partial charge >= 0.3 is 6.09 Å². The molecular weight excluding hydrogens is 562 g/mol. The summed E-state index contributed by atoms with van der Waals surface area (Å²) >= 11 is 0. The highest BCUT2D eigenvalue weighted by Crippen LogP contribution is 2.56. The molecule has 3 aliphatic rings. The van der Waals surface area contributed by atoms with Gasteiger partial charge in [0.2, 0.25) is 5.78 Å². The highest BCUT2D eigenvalue weighted by molar-refractivity contribution is 6.24. The van der Waals surface area contributed by atoms with Crippen molar-refractivity contribution in [1.82, 2.24) is 4.90 Å². The maximum absolute atomic E-state index is 14.1. The minimum absolute atomic E-state index is 0.177. The number of likely N-dealkylation sites (N-methyl/N-ethyl adjacent to an activating group) is 1. The Labute approximate surface area is 245 Å². The van der Waals surface area contributed by atoms with Crippen molar-refractivity contribution in [3.8, 4) is 11.5 Å². The van der Waals surface area contributed by atoms with Crippen LogP contribution in [0.1, 0.15) is 29.5 Å². The van der Waals surface area contributed by atoms with Gasteiger partial charge in [-0.25, -0.2) is 4.79 Å². The number of carbonyl (C=O) groups excluding carboxylic acids is 4. The van der Waals surface area contributed by atoms with Crippen molar-refractivity contribution in [1.29, 1.82) is 0 Å². The SMILES string of the molecule is Cc1ccc(OC(=O)Nc2ccc3c(c2O)C(O)=C2C(=O)[C@]4(O)C(O)=C(C(N)=O)C(=O)[C@@H](N(C)C)C4C(O)C2[C@H]3C)cc1. The van der Waals surface area contributed by atoms with E-state index in [9.17, 15) is 44.7 Å². The fourth-order valence-corrected chi connectivity index (χ4v) is 6.57. The van der Waals surface area contributed by atoms with Crippen LogP contribution in [0.5, 0.6) is 11.5 Å². The number of ketones is 2. The number of nitrogens with one attached hydrogen (secondary N) is 1. The molecule has 2 aromatic carbocycles. The first-order valence-electron chi connectivity index (χ1n) is 13.4. The first kappa shape index (κ1) is 29.8. The maximum Gasteiger partial charge on any atom is 0.417 e. The Hall–Kier alpha value is -4.72. The molecule has 3 unspecified atom stereocenters. The number of hydrogen-bond acceptors (Lipinski definition) is 11. The molecule has 0 spiro atoms. The summed E-state index contributed by atoms with van der Waals surface area (Å²) in [5.74, 6) is -9.85. The normalized spacial score (nSPS) is 28.3. The van der Waals surface area contributed by atoms with Crippen LogP contribution in [0.25, 0.3) is 5.76 Å². The minimum Gasteiger partial charge on any atom is -0.508 e. The molecule has 0 heterocycles. The van der Waals surface area contributed by atoms with E-state index in [0.29, 0.717) is 5.56 Å². The number of aliphatic hydroxyl groups is 4. The van der Waals surface area contributed by atoms with Crippen LogP contribution in [0.3, 0.4) is 0 Å². The fraction of sp³-hybridized carbons (Fsp3) is 0.333. The molecule has 0 bridgehead atoms. The third kappa shape index (κ3) is 4.27. The Morgan fingerprint density at radius 2 is 1.67 bits per heavy atom. The van der Waals surface area contributed by atoms with Crippen LogP contribution in [0.4, 0.5) is 10.5 Å². The van der Waals surface area contributed by atoms with Crippen LogP contribution < -0.4 is 15.8 Å². The lowest BCUT2D eigenvalue weighted by atomic mass is 9.54. The van der Waals surface area contributed by atoms with Crippen molar-refractivity contribution in [2.24, 2.45) is 17.6 Å². The number of phenolic OH excluding ortho intramolecular Hbond substituents is 1. The van der Waals surface area contributed by atoms with Gasteiger partial charge in [-0.15, -0.1) is 0 Å². The number of benzene rings is 2. The molecule has 8 N–H and O–H groups in total. The summed E-state index contributed by atoms with van der Waals surface area (Å²) in [4.78, 5) is 53.3. The van der Waals surface area contributed by atoms with Gasteiger partial charge in [-0.1, -0.05) is 30.7 Å². The number of rotatable bonds is 4. The van der Waals surface area contributed by atoms with E-state index in [1.54, 1.807) is 31.2 Å².